The van der Waals surface area contributed by atoms with Crippen LogP contribution in [0, 0.1) is 5.41 Å². The minimum absolute atomic E-state index is 0.0258. The van der Waals surface area contributed by atoms with Gasteiger partial charge in [-0.15, -0.1) is 0 Å². The van der Waals surface area contributed by atoms with Crippen LogP contribution in [0.15, 0.2) is 61.1 Å². The summed E-state index contributed by atoms with van der Waals surface area (Å²) in [4.78, 5) is 25.4. The molecular formula is C22H29NO7P2. The van der Waals surface area contributed by atoms with Gasteiger partial charge in [0.15, 0.2) is 13.6 Å². The second-order valence-electron chi connectivity index (χ2n) is 9.02. The van der Waals surface area contributed by atoms with Crippen LogP contribution in [0.3, 0.4) is 0 Å². The summed E-state index contributed by atoms with van der Waals surface area (Å²) in [7, 11) is -8.81. The number of nitrogens with zero attached hydrogens (tertiary/aromatic N) is 1. The number of hydrogen-bond donors (Lipinski definition) is 3. The van der Waals surface area contributed by atoms with Gasteiger partial charge in [-0.3, -0.25) is 18.6 Å². The van der Waals surface area contributed by atoms with E-state index >= 15 is 0 Å². The Morgan fingerprint density at radius 2 is 1.88 bits per heavy atom. The number of hydrogen-bond acceptors (Lipinski definition) is 7. The summed E-state index contributed by atoms with van der Waals surface area (Å²) in [6.45, 7) is 10.2. The summed E-state index contributed by atoms with van der Waals surface area (Å²) in [5.74, 6) is 1.13. The topological polar surface area (TPSA) is 118 Å². The van der Waals surface area contributed by atoms with Gasteiger partial charge in [0.25, 0.3) is 0 Å². The molecule has 10 heteroatoms. The fraction of sp³-hybridized carbons (Fsp3) is 0.364. The standard InChI is InChI=1S/C22H29NO7P2/c1-16(13-21(2,3)4)28-19-10-8-18(9-11-19)20-29-31(5,25)22(24,32(26,27)30-20)14-17-7-6-12-23-15-17/h6-12,15,20,24-25H,1,5,13-14H2,2-4H3,(H,26,27). The van der Waals surface area contributed by atoms with Gasteiger partial charge in [-0.25, -0.2) is 0 Å². The first-order valence-electron chi connectivity index (χ1n) is 9.95. The third-order valence-electron chi connectivity index (χ3n) is 4.83. The lowest BCUT2D eigenvalue weighted by atomic mass is 9.91. The van der Waals surface area contributed by atoms with E-state index in [0.29, 0.717) is 29.1 Å². The van der Waals surface area contributed by atoms with Crippen molar-refractivity contribution in [3.8, 4) is 5.75 Å². The van der Waals surface area contributed by atoms with Crippen molar-refractivity contribution >= 4 is 21.2 Å². The summed E-state index contributed by atoms with van der Waals surface area (Å²) < 4.78 is 29.5. The van der Waals surface area contributed by atoms with E-state index < -0.39 is 32.7 Å². The normalized spacial score (nSPS) is 30.6. The van der Waals surface area contributed by atoms with Gasteiger partial charge in [0.05, 0.1) is 5.76 Å². The predicted molar refractivity (Wildman–Crippen MR) is 124 cm³/mol. The van der Waals surface area contributed by atoms with Crippen LogP contribution in [0.25, 0.3) is 0 Å². The van der Waals surface area contributed by atoms with Gasteiger partial charge in [-0.2, -0.15) is 0 Å². The van der Waals surface area contributed by atoms with Gasteiger partial charge in [0.2, 0.25) is 5.08 Å². The molecule has 1 aromatic carbocycles. The lowest BCUT2D eigenvalue weighted by Gasteiger charge is -2.45. The molecule has 2 heterocycles. The molecule has 1 saturated heterocycles. The van der Waals surface area contributed by atoms with Gasteiger partial charge in [-0.05, 0) is 35.5 Å². The fourth-order valence-electron chi connectivity index (χ4n) is 3.28. The van der Waals surface area contributed by atoms with Gasteiger partial charge < -0.3 is 19.6 Å². The Balaban J connectivity index is 1.78. The second kappa shape index (κ2) is 8.88. The summed E-state index contributed by atoms with van der Waals surface area (Å²) >= 11 is 0. The minimum Gasteiger partial charge on any atom is -0.462 e. The molecular weight excluding hydrogens is 452 g/mol. The molecule has 8 nitrogen and oxygen atoms in total. The lowest BCUT2D eigenvalue weighted by Crippen LogP contribution is -2.38. The Morgan fingerprint density at radius 1 is 1.22 bits per heavy atom. The highest BCUT2D eigenvalue weighted by Crippen LogP contribution is 2.78. The molecule has 0 radical (unpaired) electrons. The molecule has 2 aromatic rings. The largest absolute Gasteiger partial charge is 0.462 e. The molecule has 1 aliphatic heterocycles. The number of benzene rings is 1. The summed E-state index contributed by atoms with van der Waals surface area (Å²) in [5, 5.41) is 8.41. The van der Waals surface area contributed by atoms with Gasteiger partial charge >= 0.3 is 7.60 Å². The average Bonchev–Trinajstić information content (AvgIpc) is 2.66. The predicted octanol–water partition coefficient (Wildman–Crippen LogP) is 4.80. The quantitative estimate of drug-likeness (QED) is 0.398. The molecule has 1 fully saturated rings. The lowest BCUT2D eigenvalue weighted by molar-refractivity contribution is -0.0473. The smallest absolute Gasteiger partial charge is 0.371 e. The molecule has 0 saturated carbocycles. The molecule has 0 spiro atoms. The molecule has 1 aromatic heterocycles. The van der Waals surface area contributed by atoms with Crippen molar-refractivity contribution in [2.45, 2.75) is 45.0 Å². The number of aliphatic hydroxyl groups is 1. The van der Waals surface area contributed by atoms with Crippen molar-refractivity contribution in [3.63, 3.8) is 0 Å². The number of allylic oxidation sites excluding steroid dienone is 1. The fourth-order valence-corrected chi connectivity index (χ4v) is 7.27. The van der Waals surface area contributed by atoms with Crippen molar-refractivity contribution in [2.75, 3.05) is 0 Å². The van der Waals surface area contributed by atoms with E-state index in [-0.39, 0.29) is 5.41 Å². The van der Waals surface area contributed by atoms with Crippen LogP contribution < -0.4 is 4.74 Å². The average molecular weight is 481 g/mol. The Hall–Kier alpha value is -1.76. The third-order valence-corrected chi connectivity index (χ3v) is 9.88. The monoisotopic (exact) mass is 481 g/mol. The van der Waals surface area contributed by atoms with Crippen molar-refractivity contribution < 1.29 is 33.2 Å². The zero-order valence-corrected chi connectivity index (χ0v) is 20.1. The van der Waals surface area contributed by atoms with E-state index in [4.69, 9.17) is 13.8 Å². The Labute approximate surface area is 188 Å². The summed E-state index contributed by atoms with van der Waals surface area (Å²) in [6, 6.07) is 9.63. The van der Waals surface area contributed by atoms with E-state index in [2.05, 4.69) is 38.6 Å². The van der Waals surface area contributed by atoms with E-state index in [1.807, 2.05) is 0 Å². The molecule has 0 bridgehead atoms. The second-order valence-corrected chi connectivity index (χ2v) is 13.7. The minimum atomic E-state index is -4.78. The van der Waals surface area contributed by atoms with Crippen molar-refractivity contribution in [1.82, 2.24) is 4.98 Å². The number of pyridine rings is 1. The molecule has 0 aliphatic carbocycles. The third kappa shape index (κ3) is 5.41. The van der Waals surface area contributed by atoms with Gasteiger partial charge in [-0.1, -0.05) is 45.5 Å². The Bertz CT molecular complexity index is 1040. The number of ether oxygens (including phenoxy) is 1. The molecule has 1 aliphatic rings. The maximum Gasteiger partial charge on any atom is 0.371 e. The summed E-state index contributed by atoms with van der Waals surface area (Å²) in [5.41, 5.74) is 0.811. The molecule has 3 N–H and O–H groups in total. The van der Waals surface area contributed by atoms with E-state index in [1.54, 1.807) is 36.4 Å². The van der Waals surface area contributed by atoms with Crippen molar-refractivity contribution in [3.05, 3.63) is 72.3 Å². The Kier molecular flexibility index (Phi) is 6.90. The highest BCUT2D eigenvalue weighted by molar-refractivity contribution is 7.78. The van der Waals surface area contributed by atoms with Crippen LogP contribution in [0.5, 0.6) is 5.75 Å². The van der Waals surface area contributed by atoms with Crippen LogP contribution >= 0.6 is 14.9 Å². The zero-order chi connectivity index (χ0) is 23.8. The van der Waals surface area contributed by atoms with Crippen LogP contribution in [0.4, 0.5) is 0 Å². The van der Waals surface area contributed by atoms with E-state index in [9.17, 15) is 19.5 Å². The first kappa shape index (κ1) is 24.9. The highest BCUT2D eigenvalue weighted by Gasteiger charge is 2.62. The Morgan fingerprint density at radius 3 is 2.41 bits per heavy atom. The molecule has 4 unspecified atom stereocenters. The van der Waals surface area contributed by atoms with Gasteiger partial charge in [0, 0.05) is 30.8 Å². The first-order valence-corrected chi connectivity index (χ1v) is 13.4. The van der Waals surface area contributed by atoms with Crippen LogP contribution in [0.2, 0.25) is 0 Å². The van der Waals surface area contributed by atoms with E-state index in [1.165, 1.54) is 12.4 Å². The SMILES string of the molecule is C=C(CC(C)(C)C)Oc1ccc(C2OP(=C)(O)C(O)(Cc3cccnc3)P(=O)(O)O2)cc1. The molecule has 0 amide bonds. The number of rotatable bonds is 6. The first-order chi connectivity index (χ1) is 14.7. The van der Waals surface area contributed by atoms with Crippen LogP contribution in [-0.4, -0.2) is 31.3 Å². The molecule has 4 atom stereocenters. The summed E-state index contributed by atoms with van der Waals surface area (Å²) in [6.07, 6.45) is 5.38. The molecule has 3 rings (SSSR count). The maximum atomic E-state index is 13.0. The van der Waals surface area contributed by atoms with Gasteiger partial charge in [0.1, 0.15) is 5.75 Å². The molecule has 174 valence electrons. The van der Waals surface area contributed by atoms with Crippen LogP contribution in [-0.2, 0) is 20.0 Å². The zero-order valence-electron chi connectivity index (χ0n) is 18.3. The van der Waals surface area contributed by atoms with Crippen LogP contribution in [0.1, 0.15) is 44.6 Å². The number of aromatic nitrogens is 1. The molecule has 32 heavy (non-hydrogen) atoms. The van der Waals surface area contributed by atoms with Crippen molar-refractivity contribution in [1.29, 1.82) is 0 Å². The van der Waals surface area contributed by atoms with Crippen molar-refractivity contribution in [2.24, 2.45) is 5.41 Å². The maximum absolute atomic E-state index is 13.0. The van der Waals surface area contributed by atoms with E-state index in [0.717, 1.165) is 0 Å². The highest BCUT2D eigenvalue weighted by atomic mass is 31.2.